The molecule has 3 heteroatoms. The van der Waals surface area contributed by atoms with E-state index in [0.29, 0.717) is 5.75 Å². The number of halogens is 1. The quantitative estimate of drug-likeness (QED) is 0.634. The lowest BCUT2D eigenvalue weighted by atomic mass is 10.3. The number of nitrogens with zero attached hydrogens (tertiary/aromatic N) is 1. The van der Waals surface area contributed by atoms with Crippen molar-refractivity contribution >= 4 is 0 Å². The van der Waals surface area contributed by atoms with Crippen LogP contribution >= 0.6 is 0 Å². The van der Waals surface area contributed by atoms with Crippen molar-refractivity contribution in [3.05, 3.63) is 23.8 Å². The van der Waals surface area contributed by atoms with E-state index < -0.39 is 5.95 Å². The molecule has 0 radical (unpaired) electrons. The summed E-state index contributed by atoms with van der Waals surface area (Å²) >= 11 is 0. The zero-order valence-electron chi connectivity index (χ0n) is 7.47. The molecule has 1 aromatic rings. The van der Waals surface area contributed by atoms with Crippen molar-refractivity contribution in [3.8, 4) is 5.75 Å². The van der Waals surface area contributed by atoms with E-state index in [4.69, 9.17) is 4.74 Å². The Balaban J connectivity index is 2.90. The van der Waals surface area contributed by atoms with E-state index in [0.717, 1.165) is 5.56 Å². The van der Waals surface area contributed by atoms with E-state index in [1.54, 1.807) is 0 Å². The van der Waals surface area contributed by atoms with E-state index in [1.165, 1.54) is 12.3 Å². The molecule has 1 heterocycles. The Bertz CT molecular complexity index is 273. The van der Waals surface area contributed by atoms with Crippen molar-refractivity contribution in [2.75, 3.05) is 0 Å². The lowest BCUT2D eigenvalue weighted by Crippen LogP contribution is -2.07. The van der Waals surface area contributed by atoms with Gasteiger partial charge in [0.1, 0.15) is 5.75 Å². The second kappa shape index (κ2) is 3.52. The fourth-order valence-electron chi connectivity index (χ4n) is 0.862. The van der Waals surface area contributed by atoms with E-state index in [2.05, 4.69) is 4.98 Å². The van der Waals surface area contributed by atoms with Gasteiger partial charge in [0.25, 0.3) is 0 Å². The molecular weight excluding hydrogens is 157 g/mol. The Morgan fingerprint density at radius 3 is 2.75 bits per heavy atom. The maximum absolute atomic E-state index is 12.6. The summed E-state index contributed by atoms with van der Waals surface area (Å²) in [6.45, 7) is 5.64. The number of rotatable bonds is 2. The zero-order chi connectivity index (χ0) is 9.14. The van der Waals surface area contributed by atoms with Crippen molar-refractivity contribution in [3.63, 3.8) is 0 Å². The first kappa shape index (κ1) is 8.97. The van der Waals surface area contributed by atoms with Crippen LogP contribution in [-0.4, -0.2) is 11.1 Å². The lowest BCUT2D eigenvalue weighted by molar-refractivity contribution is 0.239. The third kappa shape index (κ3) is 2.19. The lowest BCUT2D eigenvalue weighted by Gasteiger charge is -2.11. The molecule has 0 N–H and O–H groups in total. The summed E-state index contributed by atoms with van der Waals surface area (Å²) in [5, 5.41) is 0. The first-order valence-electron chi connectivity index (χ1n) is 3.88. The Kier molecular flexibility index (Phi) is 2.63. The van der Waals surface area contributed by atoms with E-state index in [1.807, 2.05) is 20.8 Å². The van der Waals surface area contributed by atoms with Crippen LogP contribution < -0.4 is 4.74 Å². The molecule has 66 valence electrons. The number of ether oxygens (including phenoxy) is 1. The highest BCUT2D eigenvalue weighted by Gasteiger charge is 2.03. The molecule has 2 nitrogen and oxygen atoms in total. The molecule has 0 unspecified atom stereocenters. The minimum Gasteiger partial charge on any atom is -0.491 e. The molecule has 0 spiro atoms. The molecule has 0 amide bonds. The minimum absolute atomic E-state index is 0.0606. The van der Waals surface area contributed by atoms with Gasteiger partial charge in [-0.3, -0.25) is 0 Å². The first-order valence-corrected chi connectivity index (χ1v) is 3.88. The van der Waals surface area contributed by atoms with Crippen molar-refractivity contribution < 1.29 is 9.13 Å². The predicted molar refractivity (Wildman–Crippen MR) is 44.7 cm³/mol. The molecule has 0 saturated heterocycles. The number of aryl methyl sites for hydroxylation is 1. The van der Waals surface area contributed by atoms with Crippen LogP contribution in [0.3, 0.4) is 0 Å². The normalized spacial score (nSPS) is 10.4. The second-order valence-corrected chi connectivity index (χ2v) is 2.94. The van der Waals surface area contributed by atoms with Crippen molar-refractivity contribution in [2.24, 2.45) is 0 Å². The molecular formula is C9H12FNO. The van der Waals surface area contributed by atoms with Crippen LogP contribution in [0.5, 0.6) is 5.75 Å². The van der Waals surface area contributed by atoms with Gasteiger partial charge in [-0.05, 0) is 20.8 Å². The molecule has 0 aliphatic heterocycles. The maximum atomic E-state index is 12.6. The predicted octanol–water partition coefficient (Wildman–Crippen LogP) is 2.32. The molecule has 0 fully saturated rings. The Morgan fingerprint density at radius 2 is 2.17 bits per heavy atom. The smallest absolute Gasteiger partial charge is 0.216 e. The minimum atomic E-state index is -0.503. The average Bonchev–Trinajstić information content (AvgIpc) is 1.96. The topological polar surface area (TPSA) is 22.1 Å². The van der Waals surface area contributed by atoms with Crippen LogP contribution in [0.25, 0.3) is 0 Å². The van der Waals surface area contributed by atoms with Crippen LogP contribution in [0, 0.1) is 12.9 Å². The van der Waals surface area contributed by atoms with Gasteiger partial charge in [-0.1, -0.05) is 0 Å². The highest BCUT2D eigenvalue weighted by atomic mass is 19.1. The molecule has 0 atom stereocenters. The van der Waals surface area contributed by atoms with Crippen LogP contribution in [0.4, 0.5) is 4.39 Å². The van der Waals surface area contributed by atoms with Gasteiger partial charge < -0.3 is 4.74 Å². The van der Waals surface area contributed by atoms with Crippen molar-refractivity contribution in [2.45, 2.75) is 26.9 Å². The summed E-state index contributed by atoms with van der Waals surface area (Å²) in [5.41, 5.74) is 0.852. The Hall–Kier alpha value is -1.12. The average molecular weight is 169 g/mol. The molecule has 1 aromatic heterocycles. The van der Waals surface area contributed by atoms with Crippen LogP contribution in [0.1, 0.15) is 19.4 Å². The van der Waals surface area contributed by atoms with Crippen LogP contribution in [0.15, 0.2) is 12.3 Å². The van der Waals surface area contributed by atoms with Gasteiger partial charge in [0.15, 0.2) is 0 Å². The third-order valence-electron chi connectivity index (χ3n) is 1.38. The maximum Gasteiger partial charge on any atom is 0.216 e. The van der Waals surface area contributed by atoms with Gasteiger partial charge in [-0.25, -0.2) is 4.98 Å². The van der Waals surface area contributed by atoms with E-state index in [-0.39, 0.29) is 6.10 Å². The summed E-state index contributed by atoms with van der Waals surface area (Å²) < 4.78 is 18.0. The standard InChI is InChI=1S/C9H12FNO/c1-6(2)12-8-4-9(10)11-5-7(8)3/h4-6H,1-3H3. The SMILES string of the molecule is Cc1cnc(F)cc1OC(C)C. The second-order valence-electron chi connectivity index (χ2n) is 2.94. The summed E-state index contributed by atoms with van der Waals surface area (Å²) in [5.74, 6) is 0.0637. The highest BCUT2D eigenvalue weighted by molar-refractivity contribution is 5.29. The molecule has 0 aliphatic carbocycles. The molecule has 0 aromatic carbocycles. The number of hydrogen-bond acceptors (Lipinski definition) is 2. The summed E-state index contributed by atoms with van der Waals surface area (Å²) in [7, 11) is 0. The van der Waals surface area contributed by atoms with Gasteiger partial charge in [0.05, 0.1) is 6.10 Å². The third-order valence-corrected chi connectivity index (χ3v) is 1.38. The van der Waals surface area contributed by atoms with Gasteiger partial charge in [-0.15, -0.1) is 0 Å². The van der Waals surface area contributed by atoms with Crippen molar-refractivity contribution in [1.82, 2.24) is 4.98 Å². The summed E-state index contributed by atoms with van der Waals surface area (Å²) in [6, 6.07) is 1.30. The zero-order valence-corrected chi connectivity index (χ0v) is 7.47. The Morgan fingerprint density at radius 1 is 1.50 bits per heavy atom. The van der Waals surface area contributed by atoms with E-state index >= 15 is 0 Å². The van der Waals surface area contributed by atoms with Gasteiger partial charge in [0, 0.05) is 17.8 Å². The monoisotopic (exact) mass is 169 g/mol. The number of hydrogen-bond donors (Lipinski definition) is 0. The number of pyridine rings is 1. The van der Waals surface area contributed by atoms with Crippen LogP contribution in [0.2, 0.25) is 0 Å². The fraction of sp³-hybridized carbons (Fsp3) is 0.444. The van der Waals surface area contributed by atoms with Gasteiger partial charge in [-0.2, -0.15) is 4.39 Å². The largest absolute Gasteiger partial charge is 0.491 e. The van der Waals surface area contributed by atoms with E-state index in [9.17, 15) is 4.39 Å². The number of aromatic nitrogens is 1. The first-order chi connectivity index (χ1) is 5.59. The van der Waals surface area contributed by atoms with Crippen molar-refractivity contribution in [1.29, 1.82) is 0 Å². The molecule has 12 heavy (non-hydrogen) atoms. The molecule has 0 bridgehead atoms. The molecule has 1 rings (SSSR count). The van der Waals surface area contributed by atoms with Gasteiger partial charge in [0.2, 0.25) is 5.95 Å². The Labute approximate surface area is 71.4 Å². The fourth-order valence-corrected chi connectivity index (χ4v) is 0.862. The van der Waals surface area contributed by atoms with Crippen LogP contribution in [-0.2, 0) is 0 Å². The molecule has 0 aliphatic rings. The van der Waals surface area contributed by atoms with Gasteiger partial charge >= 0.3 is 0 Å². The molecule has 0 saturated carbocycles. The summed E-state index contributed by atoms with van der Waals surface area (Å²) in [6.07, 6.45) is 1.53. The highest BCUT2D eigenvalue weighted by Crippen LogP contribution is 2.17. The summed E-state index contributed by atoms with van der Waals surface area (Å²) in [4.78, 5) is 3.50.